The molecule has 2 fully saturated rings. The van der Waals surface area contributed by atoms with Gasteiger partial charge in [-0.2, -0.15) is 0 Å². The first kappa shape index (κ1) is 17.4. The minimum atomic E-state index is -0.620. The van der Waals surface area contributed by atoms with E-state index in [2.05, 4.69) is 5.32 Å². The number of nitrogens with zero attached hydrogens (tertiary/aromatic N) is 2. The van der Waals surface area contributed by atoms with Crippen LogP contribution < -0.4 is 5.32 Å². The van der Waals surface area contributed by atoms with Gasteiger partial charge in [-0.05, 0) is 19.4 Å². The molecule has 25 heavy (non-hydrogen) atoms. The number of hydrogen-bond donors (Lipinski definition) is 1. The second kappa shape index (κ2) is 7.23. The average Bonchev–Trinajstić information content (AvgIpc) is 2.82. The maximum atomic E-state index is 12.5. The minimum absolute atomic E-state index is 0.0540. The first-order chi connectivity index (χ1) is 11.9. The number of carbonyl (C=O) groups is 3. The van der Waals surface area contributed by atoms with Crippen molar-refractivity contribution in [1.82, 2.24) is 15.1 Å². The van der Waals surface area contributed by atoms with E-state index in [4.69, 9.17) is 4.74 Å². The molecule has 0 radical (unpaired) electrons. The van der Waals surface area contributed by atoms with E-state index >= 15 is 0 Å². The number of carbonyl (C=O) groups excluding carboxylic acids is 3. The molecule has 0 aliphatic carbocycles. The monoisotopic (exact) mass is 345 g/mol. The van der Waals surface area contributed by atoms with Crippen molar-refractivity contribution in [2.45, 2.75) is 38.5 Å². The van der Waals surface area contributed by atoms with Crippen molar-refractivity contribution in [1.29, 1.82) is 0 Å². The highest BCUT2D eigenvalue weighted by molar-refractivity contribution is 6.06. The molecule has 3 atom stereocenters. The van der Waals surface area contributed by atoms with E-state index in [0.717, 1.165) is 10.5 Å². The zero-order valence-electron chi connectivity index (χ0n) is 14.5. The SMILES string of the molecule is CC1CN(C(=O)CN2C(=O)NC(Cc3ccccc3)C2=O)CC(C)O1. The standard InChI is InChI=1S/C18H23N3O4/c1-12-9-20(10-13(2)25-12)16(22)11-21-17(23)15(19-18(21)24)8-14-6-4-3-5-7-14/h3-7,12-13,15H,8-11H2,1-2H3,(H,19,24). The van der Waals surface area contributed by atoms with Gasteiger partial charge in [-0.25, -0.2) is 4.79 Å². The zero-order chi connectivity index (χ0) is 18.0. The lowest BCUT2D eigenvalue weighted by Crippen LogP contribution is -2.51. The van der Waals surface area contributed by atoms with E-state index in [-0.39, 0.29) is 30.6 Å². The summed E-state index contributed by atoms with van der Waals surface area (Å²) < 4.78 is 5.61. The Kier molecular flexibility index (Phi) is 5.03. The van der Waals surface area contributed by atoms with Crippen molar-refractivity contribution in [3.63, 3.8) is 0 Å². The highest BCUT2D eigenvalue weighted by atomic mass is 16.5. The molecule has 3 unspecified atom stereocenters. The third-order valence-electron chi connectivity index (χ3n) is 4.46. The average molecular weight is 345 g/mol. The first-order valence-corrected chi connectivity index (χ1v) is 8.53. The molecule has 0 spiro atoms. The Hall–Kier alpha value is -2.41. The number of benzene rings is 1. The lowest BCUT2D eigenvalue weighted by Gasteiger charge is -2.35. The molecule has 7 heteroatoms. The maximum Gasteiger partial charge on any atom is 0.325 e. The van der Waals surface area contributed by atoms with Gasteiger partial charge in [0.2, 0.25) is 5.91 Å². The van der Waals surface area contributed by atoms with Crippen molar-refractivity contribution in [3.8, 4) is 0 Å². The fourth-order valence-corrected chi connectivity index (χ4v) is 3.33. The number of rotatable bonds is 4. The fourth-order valence-electron chi connectivity index (χ4n) is 3.33. The van der Waals surface area contributed by atoms with E-state index < -0.39 is 12.1 Å². The lowest BCUT2D eigenvalue weighted by atomic mass is 10.1. The molecule has 2 saturated heterocycles. The predicted octanol–water partition coefficient (Wildman–Crippen LogP) is 0.785. The van der Waals surface area contributed by atoms with Gasteiger partial charge < -0.3 is 15.0 Å². The molecule has 0 saturated carbocycles. The van der Waals surface area contributed by atoms with Crippen LogP contribution in [0, 0.1) is 0 Å². The van der Waals surface area contributed by atoms with E-state index in [1.807, 2.05) is 44.2 Å². The van der Waals surface area contributed by atoms with Gasteiger partial charge in [0, 0.05) is 19.5 Å². The molecule has 3 rings (SSSR count). The predicted molar refractivity (Wildman–Crippen MR) is 90.8 cm³/mol. The van der Waals surface area contributed by atoms with Gasteiger partial charge in [0.1, 0.15) is 12.6 Å². The number of amides is 4. The Labute approximate surface area is 146 Å². The normalized spacial score (nSPS) is 26.7. The lowest BCUT2D eigenvalue weighted by molar-refractivity contribution is -0.146. The first-order valence-electron chi connectivity index (χ1n) is 8.53. The highest BCUT2D eigenvalue weighted by Crippen LogP contribution is 2.15. The van der Waals surface area contributed by atoms with Gasteiger partial charge >= 0.3 is 6.03 Å². The van der Waals surface area contributed by atoms with Crippen molar-refractivity contribution < 1.29 is 19.1 Å². The Morgan fingerprint density at radius 1 is 1.16 bits per heavy atom. The van der Waals surface area contributed by atoms with Crippen LogP contribution in [-0.4, -0.2) is 65.5 Å². The van der Waals surface area contributed by atoms with Crippen LogP contribution in [0.25, 0.3) is 0 Å². The molecular weight excluding hydrogens is 322 g/mol. The summed E-state index contributed by atoms with van der Waals surface area (Å²) in [5.41, 5.74) is 0.963. The number of urea groups is 1. The molecule has 1 aromatic carbocycles. The summed E-state index contributed by atoms with van der Waals surface area (Å²) in [6.07, 6.45) is 0.310. The summed E-state index contributed by atoms with van der Waals surface area (Å²) >= 11 is 0. The Morgan fingerprint density at radius 3 is 2.44 bits per heavy atom. The van der Waals surface area contributed by atoms with Gasteiger partial charge in [0.15, 0.2) is 0 Å². The Bertz CT molecular complexity index is 654. The quantitative estimate of drug-likeness (QED) is 0.818. The third-order valence-corrected chi connectivity index (χ3v) is 4.46. The Morgan fingerprint density at radius 2 is 1.80 bits per heavy atom. The highest BCUT2D eigenvalue weighted by Gasteiger charge is 2.40. The summed E-state index contributed by atoms with van der Waals surface area (Å²) in [7, 11) is 0. The molecule has 0 aromatic heterocycles. The molecule has 2 aliphatic heterocycles. The van der Waals surface area contributed by atoms with Crippen molar-refractivity contribution in [3.05, 3.63) is 35.9 Å². The second-order valence-corrected chi connectivity index (χ2v) is 6.67. The fraction of sp³-hybridized carbons (Fsp3) is 0.500. The van der Waals surface area contributed by atoms with Crippen LogP contribution in [0.2, 0.25) is 0 Å². The zero-order valence-corrected chi connectivity index (χ0v) is 14.5. The molecule has 2 heterocycles. The summed E-state index contributed by atoms with van der Waals surface area (Å²) in [4.78, 5) is 39.8. The number of morpholine rings is 1. The van der Waals surface area contributed by atoms with Gasteiger partial charge in [0.25, 0.3) is 5.91 Å². The molecule has 0 bridgehead atoms. The third kappa shape index (κ3) is 3.99. The molecule has 1 aromatic rings. The Balaban J connectivity index is 1.61. The summed E-state index contributed by atoms with van der Waals surface area (Å²) in [6.45, 7) is 4.52. The summed E-state index contributed by atoms with van der Waals surface area (Å²) in [5.74, 6) is -0.581. The topological polar surface area (TPSA) is 79.0 Å². The molecule has 134 valence electrons. The van der Waals surface area contributed by atoms with Crippen LogP contribution in [0.4, 0.5) is 4.79 Å². The molecule has 1 N–H and O–H groups in total. The van der Waals surface area contributed by atoms with Crippen molar-refractivity contribution in [2.24, 2.45) is 0 Å². The summed E-state index contributed by atoms with van der Waals surface area (Å²) in [6, 6.07) is 8.36. The van der Waals surface area contributed by atoms with E-state index in [1.54, 1.807) is 4.90 Å². The molecule has 7 nitrogen and oxygen atoms in total. The van der Waals surface area contributed by atoms with Crippen LogP contribution in [0.5, 0.6) is 0 Å². The van der Waals surface area contributed by atoms with Crippen LogP contribution in [0.15, 0.2) is 30.3 Å². The minimum Gasteiger partial charge on any atom is -0.372 e. The molecule has 2 aliphatic rings. The van der Waals surface area contributed by atoms with Crippen LogP contribution in [0.3, 0.4) is 0 Å². The maximum absolute atomic E-state index is 12.5. The van der Waals surface area contributed by atoms with Gasteiger partial charge in [0.05, 0.1) is 12.2 Å². The second-order valence-electron chi connectivity index (χ2n) is 6.67. The number of imide groups is 1. The van der Waals surface area contributed by atoms with Gasteiger partial charge in [-0.3, -0.25) is 14.5 Å². The van der Waals surface area contributed by atoms with Crippen molar-refractivity contribution in [2.75, 3.05) is 19.6 Å². The molecular formula is C18H23N3O4. The van der Waals surface area contributed by atoms with Crippen LogP contribution in [-0.2, 0) is 20.7 Å². The van der Waals surface area contributed by atoms with Crippen molar-refractivity contribution >= 4 is 17.8 Å². The van der Waals surface area contributed by atoms with Gasteiger partial charge in [-0.1, -0.05) is 30.3 Å². The molecule has 4 amide bonds. The number of nitrogens with one attached hydrogen (secondary N) is 1. The van der Waals surface area contributed by atoms with E-state index in [9.17, 15) is 14.4 Å². The van der Waals surface area contributed by atoms with Crippen LogP contribution >= 0.6 is 0 Å². The van der Waals surface area contributed by atoms with Gasteiger partial charge in [-0.15, -0.1) is 0 Å². The van der Waals surface area contributed by atoms with Crippen LogP contribution in [0.1, 0.15) is 19.4 Å². The number of hydrogen-bond acceptors (Lipinski definition) is 4. The largest absolute Gasteiger partial charge is 0.372 e. The summed E-state index contributed by atoms with van der Waals surface area (Å²) in [5, 5.41) is 2.67. The number of ether oxygens (including phenoxy) is 1. The smallest absolute Gasteiger partial charge is 0.325 e. The van der Waals surface area contributed by atoms with E-state index in [0.29, 0.717) is 19.5 Å². The van der Waals surface area contributed by atoms with E-state index in [1.165, 1.54) is 0 Å².